The average molecular weight is 299 g/mol. The van der Waals surface area contributed by atoms with Crippen LogP contribution in [0.15, 0.2) is 41.3 Å². The number of oxazole rings is 1. The topological polar surface area (TPSA) is 69.2 Å². The molecule has 0 N–H and O–H groups in total. The molecule has 114 valence electrons. The minimum atomic E-state index is 0.111. The summed E-state index contributed by atoms with van der Waals surface area (Å²) in [6, 6.07) is 7.84. The van der Waals surface area contributed by atoms with E-state index < -0.39 is 0 Å². The molecule has 1 fully saturated rings. The number of nitrogens with zero attached hydrogens (tertiary/aromatic N) is 5. The van der Waals surface area contributed by atoms with E-state index in [0.29, 0.717) is 19.7 Å². The van der Waals surface area contributed by atoms with Crippen molar-refractivity contribution < 1.29 is 9.15 Å². The van der Waals surface area contributed by atoms with Crippen molar-refractivity contribution in [3.63, 3.8) is 0 Å². The zero-order valence-electron chi connectivity index (χ0n) is 12.1. The van der Waals surface area contributed by atoms with Crippen LogP contribution in [-0.4, -0.2) is 50.4 Å². The maximum absolute atomic E-state index is 5.80. The van der Waals surface area contributed by atoms with E-state index in [2.05, 4.69) is 20.0 Å². The van der Waals surface area contributed by atoms with Crippen molar-refractivity contribution in [2.24, 2.45) is 0 Å². The highest BCUT2D eigenvalue weighted by Crippen LogP contribution is 2.17. The normalized spacial score (nSPS) is 19.7. The molecular weight excluding hydrogens is 282 g/mol. The predicted molar refractivity (Wildman–Crippen MR) is 79.0 cm³/mol. The van der Waals surface area contributed by atoms with E-state index in [1.165, 1.54) is 0 Å². The van der Waals surface area contributed by atoms with Crippen molar-refractivity contribution in [1.82, 2.24) is 24.6 Å². The van der Waals surface area contributed by atoms with E-state index in [0.717, 1.165) is 30.1 Å². The molecule has 0 bridgehead atoms. The highest BCUT2D eigenvalue weighted by Gasteiger charge is 2.22. The van der Waals surface area contributed by atoms with Crippen LogP contribution in [-0.2, 0) is 17.8 Å². The third kappa shape index (κ3) is 2.86. The van der Waals surface area contributed by atoms with Gasteiger partial charge in [0, 0.05) is 13.1 Å². The molecule has 7 nitrogen and oxygen atoms in total. The number of aromatic nitrogens is 4. The first-order valence-corrected chi connectivity index (χ1v) is 7.37. The first kappa shape index (κ1) is 13.4. The SMILES string of the molecule is c1ccc2oc(CN3CCO[C@H](Cn4cncn4)C3)nc2c1. The van der Waals surface area contributed by atoms with Crippen molar-refractivity contribution in [2.75, 3.05) is 19.7 Å². The molecule has 0 unspecified atom stereocenters. The van der Waals surface area contributed by atoms with Gasteiger partial charge in [-0.25, -0.2) is 9.97 Å². The Balaban J connectivity index is 1.41. The number of benzene rings is 1. The smallest absolute Gasteiger partial charge is 0.209 e. The Labute approximate surface area is 127 Å². The van der Waals surface area contributed by atoms with E-state index in [-0.39, 0.29) is 6.10 Å². The molecule has 0 aliphatic carbocycles. The van der Waals surface area contributed by atoms with Gasteiger partial charge in [-0.1, -0.05) is 12.1 Å². The summed E-state index contributed by atoms with van der Waals surface area (Å²) in [7, 11) is 0. The first-order valence-electron chi connectivity index (χ1n) is 7.37. The molecule has 2 aromatic heterocycles. The Morgan fingerprint density at radius 2 is 2.23 bits per heavy atom. The molecule has 3 heterocycles. The van der Waals surface area contributed by atoms with Crippen LogP contribution in [0.3, 0.4) is 0 Å². The highest BCUT2D eigenvalue weighted by molar-refractivity contribution is 5.72. The first-order chi connectivity index (χ1) is 10.9. The van der Waals surface area contributed by atoms with Gasteiger partial charge >= 0.3 is 0 Å². The lowest BCUT2D eigenvalue weighted by atomic mass is 10.2. The van der Waals surface area contributed by atoms with Crippen molar-refractivity contribution in [3.8, 4) is 0 Å². The molecule has 1 aliphatic heterocycles. The fourth-order valence-electron chi connectivity index (χ4n) is 2.75. The fraction of sp³-hybridized carbons (Fsp3) is 0.400. The van der Waals surface area contributed by atoms with Gasteiger partial charge in [0.15, 0.2) is 5.58 Å². The molecule has 1 aliphatic rings. The average Bonchev–Trinajstić information content (AvgIpc) is 3.16. The minimum absolute atomic E-state index is 0.111. The van der Waals surface area contributed by atoms with E-state index >= 15 is 0 Å². The summed E-state index contributed by atoms with van der Waals surface area (Å²) in [5.74, 6) is 0.752. The van der Waals surface area contributed by atoms with Crippen LogP contribution in [0.5, 0.6) is 0 Å². The second-order valence-corrected chi connectivity index (χ2v) is 5.42. The summed E-state index contributed by atoms with van der Waals surface area (Å²) >= 11 is 0. The largest absolute Gasteiger partial charge is 0.439 e. The van der Waals surface area contributed by atoms with Gasteiger partial charge in [-0.2, -0.15) is 5.10 Å². The van der Waals surface area contributed by atoms with Crippen LogP contribution in [0.25, 0.3) is 11.1 Å². The summed E-state index contributed by atoms with van der Waals surface area (Å²) in [6.45, 7) is 3.83. The molecule has 0 radical (unpaired) electrons. The van der Waals surface area contributed by atoms with Gasteiger partial charge in [0.2, 0.25) is 5.89 Å². The summed E-state index contributed by atoms with van der Waals surface area (Å²) < 4.78 is 13.4. The van der Waals surface area contributed by atoms with Crippen LogP contribution in [0.1, 0.15) is 5.89 Å². The Bertz CT molecular complexity index is 706. The lowest BCUT2D eigenvalue weighted by Crippen LogP contribution is -2.43. The Morgan fingerprint density at radius 3 is 3.09 bits per heavy atom. The number of hydrogen-bond donors (Lipinski definition) is 0. The maximum atomic E-state index is 5.80. The molecule has 3 aromatic rings. The molecule has 1 atom stereocenters. The maximum Gasteiger partial charge on any atom is 0.209 e. The molecule has 0 amide bonds. The third-order valence-corrected chi connectivity index (χ3v) is 3.78. The van der Waals surface area contributed by atoms with Crippen molar-refractivity contribution in [2.45, 2.75) is 19.2 Å². The number of rotatable bonds is 4. The second kappa shape index (κ2) is 5.86. The van der Waals surface area contributed by atoms with Gasteiger partial charge < -0.3 is 9.15 Å². The molecular formula is C15H17N5O2. The summed E-state index contributed by atoms with van der Waals surface area (Å²) in [5, 5.41) is 4.12. The summed E-state index contributed by atoms with van der Waals surface area (Å²) in [6.07, 6.45) is 3.36. The standard InChI is InChI=1S/C15H17N5O2/c1-2-4-14-13(3-1)18-15(22-14)9-19-5-6-21-12(7-19)8-20-11-16-10-17-20/h1-4,10-12H,5-9H2/t12-/m0/s1. The van der Waals surface area contributed by atoms with Gasteiger partial charge in [0.05, 0.1) is 25.8 Å². The van der Waals surface area contributed by atoms with E-state index in [1.807, 2.05) is 24.3 Å². The van der Waals surface area contributed by atoms with Crippen LogP contribution in [0.4, 0.5) is 0 Å². The lowest BCUT2D eigenvalue weighted by molar-refractivity contribution is -0.0421. The summed E-state index contributed by atoms with van der Waals surface area (Å²) in [4.78, 5) is 10.8. The monoisotopic (exact) mass is 299 g/mol. The number of para-hydroxylation sites is 2. The predicted octanol–water partition coefficient (Wildman–Crippen LogP) is 1.32. The van der Waals surface area contributed by atoms with E-state index in [1.54, 1.807) is 17.3 Å². The number of morpholine rings is 1. The number of ether oxygens (including phenoxy) is 1. The highest BCUT2D eigenvalue weighted by atomic mass is 16.5. The zero-order valence-corrected chi connectivity index (χ0v) is 12.1. The molecule has 7 heteroatoms. The lowest BCUT2D eigenvalue weighted by Gasteiger charge is -2.31. The minimum Gasteiger partial charge on any atom is -0.439 e. The zero-order chi connectivity index (χ0) is 14.8. The van der Waals surface area contributed by atoms with Gasteiger partial charge in [0.1, 0.15) is 18.2 Å². The third-order valence-electron chi connectivity index (χ3n) is 3.78. The van der Waals surface area contributed by atoms with Crippen molar-refractivity contribution in [1.29, 1.82) is 0 Å². The van der Waals surface area contributed by atoms with Crippen LogP contribution in [0, 0.1) is 0 Å². The van der Waals surface area contributed by atoms with Crippen molar-refractivity contribution >= 4 is 11.1 Å². The quantitative estimate of drug-likeness (QED) is 0.723. The van der Waals surface area contributed by atoms with Gasteiger partial charge in [-0.3, -0.25) is 9.58 Å². The molecule has 1 aromatic carbocycles. The van der Waals surface area contributed by atoms with Crippen LogP contribution >= 0.6 is 0 Å². The molecule has 22 heavy (non-hydrogen) atoms. The molecule has 4 rings (SSSR count). The van der Waals surface area contributed by atoms with Crippen molar-refractivity contribution in [3.05, 3.63) is 42.8 Å². The van der Waals surface area contributed by atoms with E-state index in [4.69, 9.17) is 9.15 Å². The van der Waals surface area contributed by atoms with Gasteiger partial charge in [0.25, 0.3) is 0 Å². The summed E-state index contributed by atoms with van der Waals surface area (Å²) in [5.41, 5.74) is 1.75. The van der Waals surface area contributed by atoms with E-state index in [9.17, 15) is 0 Å². The van der Waals surface area contributed by atoms with Crippen LogP contribution in [0.2, 0.25) is 0 Å². The second-order valence-electron chi connectivity index (χ2n) is 5.42. The molecule has 0 spiro atoms. The Hall–Kier alpha value is -2.25. The molecule has 1 saturated heterocycles. The van der Waals surface area contributed by atoms with Crippen LogP contribution < -0.4 is 0 Å². The Kier molecular flexibility index (Phi) is 3.57. The number of hydrogen-bond acceptors (Lipinski definition) is 6. The fourth-order valence-corrected chi connectivity index (χ4v) is 2.75. The van der Waals surface area contributed by atoms with Gasteiger partial charge in [-0.05, 0) is 12.1 Å². The number of fused-ring (bicyclic) bond motifs is 1. The molecule has 0 saturated carbocycles. The van der Waals surface area contributed by atoms with Gasteiger partial charge in [-0.15, -0.1) is 0 Å². The Morgan fingerprint density at radius 1 is 1.27 bits per heavy atom.